The van der Waals surface area contributed by atoms with Crippen molar-refractivity contribution in [3.8, 4) is 0 Å². The number of carbonyl (C=O) groups excluding carboxylic acids is 1. The van der Waals surface area contributed by atoms with Gasteiger partial charge in [0.15, 0.2) is 0 Å². The van der Waals surface area contributed by atoms with E-state index >= 15 is 0 Å². The van der Waals surface area contributed by atoms with Gasteiger partial charge >= 0.3 is 0 Å². The number of piperazine rings is 2. The smallest absolute Gasteiger partial charge is 0.235 e. The van der Waals surface area contributed by atoms with Crippen LogP contribution in [-0.4, -0.2) is 95.0 Å². The molecule has 1 spiro atoms. The molecule has 5 aliphatic rings. The molecule has 1 aromatic heterocycles. The van der Waals surface area contributed by atoms with Crippen LogP contribution in [0.25, 0.3) is 0 Å². The van der Waals surface area contributed by atoms with E-state index in [1.807, 2.05) is 18.2 Å². The molecule has 3 aliphatic carbocycles. The van der Waals surface area contributed by atoms with Gasteiger partial charge in [0.2, 0.25) is 5.91 Å². The number of aryl methyl sites for hydroxylation is 1. The van der Waals surface area contributed by atoms with Gasteiger partial charge < -0.3 is 9.80 Å². The first-order valence-corrected chi connectivity index (χ1v) is 15.4. The predicted octanol–water partition coefficient (Wildman–Crippen LogP) is 4.15. The minimum absolute atomic E-state index is 0.203. The van der Waals surface area contributed by atoms with Crippen molar-refractivity contribution in [3.63, 3.8) is 0 Å². The molecule has 7 nitrogen and oxygen atoms in total. The number of halogens is 2. The molecule has 2 aliphatic heterocycles. The van der Waals surface area contributed by atoms with Gasteiger partial charge in [-0.1, -0.05) is 29.3 Å². The molecule has 2 aromatic rings. The predicted molar refractivity (Wildman–Crippen MR) is 155 cm³/mol. The molecule has 2 unspecified atom stereocenters. The van der Waals surface area contributed by atoms with Gasteiger partial charge in [-0.05, 0) is 63.6 Å². The molecule has 2 saturated heterocycles. The highest BCUT2D eigenvalue weighted by Crippen LogP contribution is 2.58. The van der Waals surface area contributed by atoms with Crippen LogP contribution in [0.5, 0.6) is 0 Å². The summed E-state index contributed by atoms with van der Waals surface area (Å²) in [6.07, 6.45) is 7.39. The van der Waals surface area contributed by atoms with Crippen LogP contribution in [0.3, 0.4) is 0 Å². The molecule has 208 valence electrons. The lowest BCUT2D eigenvalue weighted by Gasteiger charge is -2.40. The molecular formula is C30H38Cl2N6O. The number of hydrogen-bond acceptors (Lipinski definition) is 6. The number of fused-ring (bicyclic) bond motifs is 2. The van der Waals surface area contributed by atoms with E-state index in [1.165, 1.54) is 30.5 Å². The monoisotopic (exact) mass is 568 g/mol. The molecule has 1 aromatic carbocycles. The van der Waals surface area contributed by atoms with Crippen LogP contribution >= 0.6 is 23.2 Å². The fraction of sp³-hybridized carbons (Fsp3) is 0.633. The average molecular weight is 570 g/mol. The largest absolute Gasteiger partial charge is 0.353 e. The van der Waals surface area contributed by atoms with Crippen molar-refractivity contribution in [2.24, 2.45) is 0 Å². The van der Waals surface area contributed by atoms with Gasteiger partial charge in [0.1, 0.15) is 12.1 Å². The van der Waals surface area contributed by atoms with Gasteiger partial charge in [-0.2, -0.15) is 0 Å². The maximum Gasteiger partial charge on any atom is 0.235 e. The van der Waals surface area contributed by atoms with Crippen molar-refractivity contribution in [1.29, 1.82) is 0 Å². The first-order valence-electron chi connectivity index (χ1n) is 14.6. The van der Waals surface area contributed by atoms with Crippen molar-refractivity contribution < 1.29 is 4.79 Å². The van der Waals surface area contributed by atoms with E-state index in [4.69, 9.17) is 28.2 Å². The van der Waals surface area contributed by atoms with Crippen molar-refractivity contribution in [2.75, 3.05) is 57.3 Å². The summed E-state index contributed by atoms with van der Waals surface area (Å²) in [7, 11) is 0. The fourth-order valence-electron chi connectivity index (χ4n) is 7.61. The van der Waals surface area contributed by atoms with E-state index in [2.05, 4.69) is 38.4 Å². The normalized spacial score (nSPS) is 28.3. The Morgan fingerprint density at radius 1 is 0.949 bits per heavy atom. The van der Waals surface area contributed by atoms with Crippen molar-refractivity contribution >= 4 is 34.9 Å². The second-order valence-corrected chi connectivity index (χ2v) is 13.4. The van der Waals surface area contributed by atoms with Crippen LogP contribution in [0.1, 0.15) is 56.4 Å². The highest BCUT2D eigenvalue weighted by molar-refractivity contribution is 6.42. The lowest BCUT2D eigenvalue weighted by atomic mass is 9.92. The zero-order valence-corrected chi connectivity index (χ0v) is 24.5. The van der Waals surface area contributed by atoms with Gasteiger partial charge in [-0.15, -0.1) is 0 Å². The van der Waals surface area contributed by atoms with Crippen molar-refractivity contribution in [2.45, 2.75) is 68.9 Å². The molecule has 2 atom stereocenters. The van der Waals surface area contributed by atoms with Gasteiger partial charge in [-0.25, -0.2) is 9.97 Å². The Bertz CT molecular complexity index is 1280. The summed E-state index contributed by atoms with van der Waals surface area (Å²) in [5, 5.41) is 1.05. The van der Waals surface area contributed by atoms with Crippen LogP contribution < -0.4 is 4.90 Å². The van der Waals surface area contributed by atoms with E-state index in [0.29, 0.717) is 34.6 Å². The molecule has 0 bridgehead atoms. The van der Waals surface area contributed by atoms with E-state index in [0.717, 1.165) is 63.5 Å². The Morgan fingerprint density at radius 3 is 2.36 bits per heavy atom. The first-order chi connectivity index (χ1) is 18.8. The Kier molecular flexibility index (Phi) is 6.38. The van der Waals surface area contributed by atoms with Crippen LogP contribution in [0.2, 0.25) is 10.0 Å². The quantitative estimate of drug-likeness (QED) is 0.540. The number of nitrogens with zero attached hydrogens (tertiary/aromatic N) is 6. The molecule has 9 heteroatoms. The summed E-state index contributed by atoms with van der Waals surface area (Å²) in [6.45, 7) is 11.6. The molecule has 2 saturated carbocycles. The molecule has 7 rings (SSSR count). The zero-order chi connectivity index (χ0) is 26.9. The third-order valence-electron chi connectivity index (χ3n) is 10.3. The lowest BCUT2D eigenvalue weighted by molar-refractivity contribution is -0.135. The average Bonchev–Trinajstić information content (AvgIpc) is 3.86. The fourth-order valence-corrected chi connectivity index (χ4v) is 7.91. The van der Waals surface area contributed by atoms with Gasteiger partial charge in [0.25, 0.3) is 0 Å². The molecule has 39 heavy (non-hydrogen) atoms. The number of amides is 1. The zero-order valence-electron chi connectivity index (χ0n) is 23.0. The molecule has 1 amide bonds. The maximum absolute atomic E-state index is 14.4. The van der Waals surface area contributed by atoms with Crippen LogP contribution in [-0.2, 0) is 22.0 Å². The summed E-state index contributed by atoms with van der Waals surface area (Å²) in [6, 6.07) is 6.56. The summed E-state index contributed by atoms with van der Waals surface area (Å²) in [4.78, 5) is 33.4. The van der Waals surface area contributed by atoms with E-state index in [9.17, 15) is 4.79 Å². The van der Waals surface area contributed by atoms with Crippen molar-refractivity contribution in [3.05, 3.63) is 51.4 Å². The molecular weight excluding hydrogens is 531 g/mol. The number of aromatic nitrogens is 2. The number of anilines is 1. The summed E-state index contributed by atoms with van der Waals surface area (Å²) < 4.78 is 0. The number of rotatable bonds is 5. The van der Waals surface area contributed by atoms with E-state index < -0.39 is 5.41 Å². The van der Waals surface area contributed by atoms with Gasteiger partial charge in [0, 0.05) is 81.1 Å². The Balaban J connectivity index is 1.10. The number of carbonyl (C=O) groups is 1. The summed E-state index contributed by atoms with van der Waals surface area (Å²) in [5.74, 6) is 1.36. The lowest BCUT2D eigenvalue weighted by Crippen LogP contribution is -2.55. The minimum atomic E-state index is -0.551. The second-order valence-electron chi connectivity index (χ2n) is 12.6. The van der Waals surface area contributed by atoms with Gasteiger partial charge in [-0.3, -0.25) is 14.6 Å². The Morgan fingerprint density at radius 2 is 1.69 bits per heavy atom. The standard InChI is InChI=1S/C30H38Cl2N6O/c1-20(2)35-9-11-36(12-10-35)25-18-30(25,21-3-4-22(31)23(32)17-21)28(39)38-15-13-37(14-16-38)27-26-24(33-19-34-27)5-6-29(26)7-8-29/h3-4,17,19-20,25H,5-16,18H2,1-2H3. The summed E-state index contributed by atoms with van der Waals surface area (Å²) in [5.41, 5.74) is 3.43. The topological polar surface area (TPSA) is 55.8 Å². The van der Waals surface area contributed by atoms with Crippen LogP contribution in [0.4, 0.5) is 5.82 Å². The van der Waals surface area contributed by atoms with Crippen LogP contribution in [0.15, 0.2) is 24.5 Å². The third-order valence-corrected chi connectivity index (χ3v) is 11.0. The third kappa shape index (κ3) is 4.27. The molecule has 4 fully saturated rings. The highest BCUT2D eigenvalue weighted by Gasteiger charge is 2.64. The second kappa shape index (κ2) is 9.57. The summed E-state index contributed by atoms with van der Waals surface area (Å²) >= 11 is 12.8. The Labute approximate surface area is 241 Å². The van der Waals surface area contributed by atoms with E-state index in [-0.39, 0.29) is 11.9 Å². The van der Waals surface area contributed by atoms with E-state index in [1.54, 1.807) is 6.33 Å². The number of benzene rings is 1. The minimum Gasteiger partial charge on any atom is -0.353 e. The Hall–Kier alpha value is -1.93. The van der Waals surface area contributed by atoms with Gasteiger partial charge in [0.05, 0.1) is 15.5 Å². The molecule has 0 radical (unpaired) electrons. The van der Waals surface area contributed by atoms with Crippen LogP contribution in [0, 0.1) is 0 Å². The first kappa shape index (κ1) is 26.0. The SMILES string of the molecule is CC(C)N1CCN(C2CC2(C(=O)N2CCN(c3ncnc4c3C3(CC4)CC3)CC2)c2ccc(Cl)c(Cl)c2)CC1. The maximum atomic E-state index is 14.4. The van der Waals surface area contributed by atoms with Crippen molar-refractivity contribution in [1.82, 2.24) is 24.7 Å². The molecule has 0 N–H and O–H groups in total. The molecule has 3 heterocycles. The number of hydrogen-bond donors (Lipinski definition) is 0. The highest BCUT2D eigenvalue weighted by atomic mass is 35.5.